The molecule has 2 saturated carbocycles. The molecule has 1 saturated heterocycles. The number of carbonyl (C=O) groups excluding carboxylic acids is 1. The van der Waals surface area contributed by atoms with E-state index in [0.29, 0.717) is 17.8 Å². The van der Waals surface area contributed by atoms with Crippen LogP contribution in [-0.2, 0) is 9.53 Å². The first-order chi connectivity index (χ1) is 9.71. The molecule has 0 aromatic heterocycles. The molecule has 3 rings (SSSR count). The Morgan fingerprint density at radius 3 is 2.75 bits per heavy atom. The maximum atomic E-state index is 12.2. The summed E-state index contributed by atoms with van der Waals surface area (Å²) in [6, 6.07) is 0. The standard InChI is InChI=1S/C18H30O2/c1-2-5-14-6-7-17(19)15(12-14)13-16-8-11-18(20-16)9-3-4-10-18/h14-16H,2-13H2,1H3. The summed E-state index contributed by atoms with van der Waals surface area (Å²) in [5.41, 5.74) is 0.227. The van der Waals surface area contributed by atoms with Gasteiger partial charge in [-0.15, -0.1) is 0 Å². The van der Waals surface area contributed by atoms with Gasteiger partial charge >= 0.3 is 0 Å². The second-order valence-corrected chi connectivity index (χ2v) is 7.50. The van der Waals surface area contributed by atoms with E-state index < -0.39 is 0 Å². The highest BCUT2D eigenvalue weighted by Gasteiger charge is 2.43. The fourth-order valence-electron chi connectivity index (χ4n) is 4.87. The van der Waals surface area contributed by atoms with E-state index in [1.807, 2.05) is 0 Å². The van der Waals surface area contributed by atoms with Crippen LogP contribution in [0.1, 0.15) is 84.0 Å². The molecule has 0 amide bonds. The van der Waals surface area contributed by atoms with Crippen LogP contribution in [0.25, 0.3) is 0 Å². The van der Waals surface area contributed by atoms with Crippen molar-refractivity contribution in [1.82, 2.24) is 0 Å². The van der Waals surface area contributed by atoms with E-state index >= 15 is 0 Å². The normalized spacial score (nSPS) is 36.9. The zero-order valence-corrected chi connectivity index (χ0v) is 13.0. The largest absolute Gasteiger partial charge is 0.372 e. The zero-order chi connectivity index (χ0) is 14.0. The number of Topliss-reactive ketones (excluding diaryl/α,β-unsaturated/α-hetero) is 1. The number of carbonyl (C=O) groups is 1. The molecule has 1 heterocycles. The first kappa shape index (κ1) is 14.6. The highest BCUT2D eigenvalue weighted by molar-refractivity contribution is 5.81. The molecule has 3 fully saturated rings. The third-order valence-corrected chi connectivity index (χ3v) is 5.97. The second-order valence-electron chi connectivity index (χ2n) is 7.50. The maximum Gasteiger partial charge on any atom is 0.136 e. The van der Waals surface area contributed by atoms with Crippen molar-refractivity contribution in [1.29, 1.82) is 0 Å². The molecule has 0 aromatic carbocycles. The minimum absolute atomic E-state index is 0.227. The van der Waals surface area contributed by atoms with Crippen LogP contribution in [0.4, 0.5) is 0 Å². The van der Waals surface area contributed by atoms with Gasteiger partial charge in [-0.2, -0.15) is 0 Å². The van der Waals surface area contributed by atoms with Crippen molar-refractivity contribution in [3.05, 3.63) is 0 Å². The Bertz CT molecular complexity index is 343. The van der Waals surface area contributed by atoms with E-state index in [1.165, 1.54) is 51.4 Å². The number of ether oxygens (including phenoxy) is 1. The van der Waals surface area contributed by atoms with Crippen LogP contribution < -0.4 is 0 Å². The Balaban J connectivity index is 1.53. The third-order valence-electron chi connectivity index (χ3n) is 5.97. The molecule has 3 aliphatic rings. The lowest BCUT2D eigenvalue weighted by atomic mass is 9.76. The summed E-state index contributed by atoms with van der Waals surface area (Å²) in [5.74, 6) is 1.62. The molecule has 0 radical (unpaired) electrons. The third kappa shape index (κ3) is 3.10. The van der Waals surface area contributed by atoms with Gasteiger partial charge in [-0.3, -0.25) is 4.79 Å². The Morgan fingerprint density at radius 1 is 1.20 bits per heavy atom. The molecule has 0 aromatic rings. The Labute approximate surface area is 123 Å². The van der Waals surface area contributed by atoms with Gasteiger partial charge in [-0.25, -0.2) is 0 Å². The molecule has 0 N–H and O–H groups in total. The lowest BCUT2D eigenvalue weighted by Crippen LogP contribution is -2.30. The van der Waals surface area contributed by atoms with Crippen molar-refractivity contribution in [2.24, 2.45) is 11.8 Å². The summed E-state index contributed by atoms with van der Waals surface area (Å²) in [4.78, 5) is 12.2. The molecule has 2 aliphatic carbocycles. The van der Waals surface area contributed by atoms with Gasteiger partial charge in [-0.05, 0) is 50.9 Å². The zero-order valence-electron chi connectivity index (χ0n) is 13.0. The van der Waals surface area contributed by atoms with E-state index in [4.69, 9.17) is 4.74 Å². The average molecular weight is 278 g/mol. The molecule has 20 heavy (non-hydrogen) atoms. The summed E-state index contributed by atoms with van der Waals surface area (Å²) in [6.45, 7) is 2.26. The van der Waals surface area contributed by atoms with Gasteiger partial charge in [0.2, 0.25) is 0 Å². The van der Waals surface area contributed by atoms with Crippen molar-refractivity contribution in [2.75, 3.05) is 0 Å². The van der Waals surface area contributed by atoms with Crippen molar-refractivity contribution < 1.29 is 9.53 Å². The monoisotopic (exact) mass is 278 g/mol. The van der Waals surface area contributed by atoms with Crippen LogP contribution in [-0.4, -0.2) is 17.5 Å². The van der Waals surface area contributed by atoms with Crippen molar-refractivity contribution >= 4 is 5.78 Å². The molecule has 3 unspecified atom stereocenters. The SMILES string of the molecule is CCCC1CCC(=O)C(CC2CCC3(CCCC3)O2)C1. The van der Waals surface area contributed by atoms with Crippen LogP contribution in [0.3, 0.4) is 0 Å². The summed E-state index contributed by atoms with van der Waals surface area (Å²) < 4.78 is 6.40. The van der Waals surface area contributed by atoms with Crippen LogP contribution in [0, 0.1) is 11.8 Å². The van der Waals surface area contributed by atoms with E-state index in [1.54, 1.807) is 0 Å². The highest BCUT2D eigenvalue weighted by Crippen LogP contribution is 2.45. The fraction of sp³-hybridized carbons (Fsp3) is 0.944. The lowest BCUT2D eigenvalue weighted by Gasteiger charge is -2.30. The molecule has 3 atom stereocenters. The Morgan fingerprint density at radius 2 is 2.00 bits per heavy atom. The molecule has 0 bridgehead atoms. The quantitative estimate of drug-likeness (QED) is 0.748. The van der Waals surface area contributed by atoms with Crippen molar-refractivity contribution in [2.45, 2.75) is 95.7 Å². The molecule has 2 heteroatoms. The van der Waals surface area contributed by atoms with Gasteiger partial charge in [0, 0.05) is 12.3 Å². The first-order valence-corrected chi connectivity index (χ1v) is 8.91. The number of hydrogen-bond donors (Lipinski definition) is 0. The summed E-state index contributed by atoms with van der Waals surface area (Å²) >= 11 is 0. The minimum atomic E-state index is 0.227. The van der Waals surface area contributed by atoms with Crippen LogP contribution >= 0.6 is 0 Å². The molecule has 2 nitrogen and oxygen atoms in total. The fourth-order valence-corrected chi connectivity index (χ4v) is 4.87. The van der Waals surface area contributed by atoms with Gasteiger partial charge in [0.25, 0.3) is 0 Å². The Kier molecular flexibility index (Phi) is 4.49. The molecule has 1 spiro atoms. The van der Waals surface area contributed by atoms with E-state index in [0.717, 1.165) is 31.6 Å². The number of ketones is 1. The number of rotatable bonds is 4. The van der Waals surface area contributed by atoms with Gasteiger partial charge in [-0.1, -0.05) is 32.6 Å². The number of hydrogen-bond acceptors (Lipinski definition) is 2. The van der Waals surface area contributed by atoms with Crippen LogP contribution in [0.15, 0.2) is 0 Å². The Hall–Kier alpha value is -0.370. The van der Waals surface area contributed by atoms with Crippen LogP contribution in [0.2, 0.25) is 0 Å². The summed E-state index contributed by atoms with van der Waals surface area (Å²) in [6.07, 6.45) is 14.7. The van der Waals surface area contributed by atoms with E-state index in [-0.39, 0.29) is 5.60 Å². The smallest absolute Gasteiger partial charge is 0.136 e. The van der Waals surface area contributed by atoms with Crippen molar-refractivity contribution in [3.8, 4) is 0 Å². The predicted octanol–water partition coefficient (Wildman–Crippen LogP) is 4.65. The maximum absolute atomic E-state index is 12.2. The van der Waals surface area contributed by atoms with Gasteiger partial charge in [0.15, 0.2) is 0 Å². The van der Waals surface area contributed by atoms with Gasteiger partial charge in [0.05, 0.1) is 11.7 Å². The molecular weight excluding hydrogens is 248 g/mol. The van der Waals surface area contributed by atoms with Gasteiger partial charge in [0.1, 0.15) is 5.78 Å². The minimum Gasteiger partial charge on any atom is -0.372 e. The predicted molar refractivity (Wildman–Crippen MR) is 80.7 cm³/mol. The highest BCUT2D eigenvalue weighted by atomic mass is 16.5. The van der Waals surface area contributed by atoms with Gasteiger partial charge < -0.3 is 4.74 Å². The van der Waals surface area contributed by atoms with Crippen molar-refractivity contribution in [3.63, 3.8) is 0 Å². The topological polar surface area (TPSA) is 26.3 Å². The second kappa shape index (κ2) is 6.17. The average Bonchev–Trinajstić information content (AvgIpc) is 3.05. The molecule has 1 aliphatic heterocycles. The molecule has 114 valence electrons. The first-order valence-electron chi connectivity index (χ1n) is 8.91. The summed E-state index contributed by atoms with van der Waals surface area (Å²) in [5, 5.41) is 0. The van der Waals surface area contributed by atoms with Crippen LogP contribution in [0.5, 0.6) is 0 Å². The molecular formula is C18H30O2. The van der Waals surface area contributed by atoms with E-state index in [2.05, 4.69) is 6.92 Å². The lowest BCUT2D eigenvalue weighted by molar-refractivity contribution is -0.128. The summed E-state index contributed by atoms with van der Waals surface area (Å²) in [7, 11) is 0. The van der Waals surface area contributed by atoms with E-state index in [9.17, 15) is 4.79 Å².